The third-order valence-corrected chi connectivity index (χ3v) is 3.29. The second kappa shape index (κ2) is 3.56. The molecule has 76 valence electrons. The van der Waals surface area contributed by atoms with Crippen molar-refractivity contribution in [3.63, 3.8) is 0 Å². The van der Waals surface area contributed by atoms with E-state index in [0.29, 0.717) is 12.6 Å². The molecule has 0 aromatic rings. The van der Waals surface area contributed by atoms with Crippen LogP contribution < -0.4 is 5.32 Å². The van der Waals surface area contributed by atoms with Crippen molar-refractivity contribution in [2.45, 2.75) is 50.4 Å². The normalized spacial score (nSPS) is 46.6. The summed E-state index contributed by atoms with van der Waals surface area (Å²) < 4.78 is 5.45. The fourth-order valence-corrected chi connectivity index (χ4v) is 2.56. The van der Waals surface area contributed by atoms with Gasteiger partial charge in [0.2, 0.25) is 0 Å². The number of hydrogen-bond donors (Lipinski definition) is 2. The molecule has 3 nitrogen and oxygen atoms in total. The molecule has 0 bridgehead atoms. The topological polar surface area (TPSA) is 41.5 Å². The van der Waals surface area contributed by atoms with Gasteiger partial charge in [0.25, 0.3) is 0 Å². The third kappa shape index (κ3) is 1.87. The number of hydrogen-bond acceptors (Lipinski definition) is 3. The van der Waals surface area contributed by atoms with Gasteiger partial charge in [-0.05, 0) is 26.3 Å². The van der Waals surface area contributed by atoms with Crippen LogP contribution >= 0.6 is 0 Å². The van der Waals surface area contributed by atoms with Crippen LogP contribution in [0.4, 0.5) is 0 Å². The van der Waals surface area contributed by atoms with E-state index in [9.17, 15) is 5.11 Å². The summed E-state index contributed by atoms with van der Waals surface area (Å²) in [6.45, 7) is 3.80. The summed E-state index contributed by atoms with van der Waals surface area (Å²) in [6, 6.07) is 0.304. The molecule has 0 amide bonds. The van der Waals surface area contributed by atoms with Crippen LogP contribution in [0.1, 0.15) is 32.6 Å². The summed E-state index contributed by atoms with van der Waals surface area (Å²) in [6.07, 6.45) is 4.09. The van der Waals surface area contributed by atoms with Crippen molar-refractivity contribution in [3.8, 4) is 0 Å². The standard InChI is InChI=1S/C10H19NO2/c1-8-7-10(12,4-6-13-8)9-3-2-5-11-9/h8-9,11-12H,2-7H2,1H3. The fraction of sp³-hybridized carbons (Fsp3) is 1.00. The monoisotopic (exact) mass is 185 g/mol. The van der Waals surface area contributed by atoms with Crippen LogP contribution in [-0.4, -0.2) is 36.0 Å². The summed E-state index contributed by atoms with van der Waals surface area (Å²) >= 11 is 0. The van der Waals surface area contributed by atoms with E-state index in [2.05, 4.69) is 5.32 Å². The maximum absolute atomic E-state index is 10.4. The lowest BCUT2D eigenvalue weighted by Crippen LogP contribution is -2.52. The maximum atomic E-state index is 10.4. The zero-order valence-corrected chi connectivity index (χ0v) is 8.25. The van der Waals surface area contributed by atoms with Crippen LogP contribution in [0.25, 0.3) is 0 Å². The molecule has 0 saturated carbocycles. The summed E-state index contributed by atoms with van der Waals surface area (Å²) in [5, 5.41) is 13.8. The summed E-state index contributed by atoms with van der Waals surface area (Å²) in [5.74, 6) is 0. The molecule has 2 N–H and O–H groups in total. The summed E-state index contributed by atoms with van der Waals surface area (Å²) in [5.41, 5.74) is -0.506. The van der Waals surface area contributed by atoms with Gasteiger partial charge in [0.15, 0.2) is 0 Å². The van der Waals surface area contributed by atoms with E-state index in [1.807, 2.05) is 6.92 Å². The smallest absolute Gasteiger partial charge is 0.0846 e. The van der Waals surface area contributed by atoms with Gasteiger partial charge in [0.05, 0.1) is 11.7 Å². The molecule has 2 saturated heterocycles. The molecule has 0 aromatic heterocycles. The largest absolute Gasteiger partial charge is 0.388 e. The molecule has 3 heteroatoms. The van der Waals surface area contributed by atoms with E-state index in [1.54, 1.807) is 0 Å². The Kier molecular flexibility index (Phi) is 2.58. The van der Waals surface area contributed by atoms with Crippen LogP contribution in [0.5, 0.6) is 0 Å². The molecule has 2 aliphatic heterocycles. The first kappa shape index (κ1) is 9.44. The highest BCUT2D eigenvalue weighted by Gasteiger charge is 2.41. The van der Waals surface area contributed by atoms with E-state index >= 15 is 0 Å². The molecule has 2 rings (SSSR count). The van der Waals surface area contributed by atoms with E-state index < -0.39 is 5.60 Å². The lowest BCUT2D eigenvalue weighted by atomic mass is 9.83. The Hall–Kier alpha value is -0.120. The lowest BCUT2D eigenvalue weighted by molar-refractivity contribution is -0.111. The van der Waals surface area contributed by atoms with Crippen molar-refractivity contribution in [2.24, 2.45) is 0 Å². The zero-order chi connectivity index (χ0) is 9.31. The lowest BCUT2D eigenvalue weighted by Gasteiger charge is -2.40. The van der Waals surface area contributed by atoms with E-state index in [1.165, 1.54) is 6.42 Å². The van der Waals surface area contributed by atoms with Gasteiger partial charge in [0.1, 0.15) is 0 Å². The average Bonchev–Trinajstić information content (AvgIpc) is 2.55. The summed E-state index contributed by atoms with van der Waals surface area (Å²) in [7, 11) is 0. The third-order valence-electron chi connectivity index (χ3n) is 3.29. The molecule has 0 aliphatic carbocycles. The maximum Gasteiger partial charge on any atom is 0.0846 e. The SMILES string of the molecule is CC1CC(O)(C2CCCN2)CCO1. The number of nitrogens with one attached hydrogen (secondary N) is 1. The van der Waals surface area contributed by atoms with Crippen LogP contribution in [0, 0.1) is 0 Å². The number of rotatable bonds is 1. The van der Waals surface area contributed by atoms with Gasteiger partial charge in [-0.1, -0.05) is 0 Å². The Bertz CT molecular complexity index is 180. The Balaban J connectivity index is 2.00. The molecule has 2 fully saturated rings. The van der Waals surface area contributed by atoms with Crippen molar-refractivity contribution in [3.05, 3.63) is 0 Å². The Morgan fingerprint density at radius 3 is 3.00 bits per heavy atom. The zero-order valence-electron chi connectivity index (χ0n) is 8.25. The predicted molar refractivity (Wildman–Crippen MR) is 50.6 cm³/mol. The van der Waals surface area contributed by atoms with Crippen LogP contribution in [-0.2, 0) is 4.74 Å². The van der Waals surface area contributed by atoms with E-state index in [4.69, 9.17) is 4.74 Å². The van der Waals surface area contributed by atoms with Crippen molar-refractivity contribution in [2.75, 3.05) is 13.2 Å². The first-order valence-electron chi connectivity index (χ1n) is 5.28. The number of ether oxygens (including phenoxy) is 1. The van der Waals surface area contributed by atoms with Gasteiger partial charge < -0.3 is 15.2 Å². The molecule has 2 aliphatic rings. The Labute approximate surface area is 79.5 Å². The average molecular weight is 185 g/mol. The van der Waals surface area contributed by atoms with Gasteiger partial charge >= 0.3 is 0 Å². The summed E-state index contributed by atoms with van der Waals surface area (Å²) in [4.78, 5) is 0. The van der Waals surface area contributed by atoms with Crippen LogP contribution in [0.2, 0.25) is 0 Å². The molecule has 0 radical (unpaired) electrons. The van der Waals surface area contributed by atoms with Gasteiger partial charge in [-0.25, -0.2) is 0 Å². The predicted octanol–water partition coefficient (Wildman–Crippen LogP) is 0.668. The quantitative estimate of drug-likeness (QED) is 0.631. The molecular formula is C10H19NO2. The van der Waals surface area contributed by atoms with E-state index in [0.717, 1.165) is 25.8 Å². The number of aliphatic hydroxyl groups is 1. The Morgan fingerprint density at radius 2 is 2.38 bits per heavy atom. The highest BCUT2D eigenvalue weighted by Crippen LogP contribution is 2.31. The second-order valence-electron chi connectivity index (χ2n) is 4.39. The van der Waals surface area contributed by atoms with Gasteiger partial charge in [-0.3, -0.25) is 0 Å². The van der Waals surface area contributed by atoms with Gasteiger partial charge in [0, 0.05) is 25.5 Å². The van der Waals surface area contributed by atoms with Crippen LogP contribution in [0.15, 0.2) is 0 Å². The highest BCUT2D eigenvalue weighted by molar-refractivity contribution is 4.97. The second-order valence-corrected chi connectivity index (χ2v) is 4.39. The van der Waals surface area contributed by atoms with Crippen molar-refractivity contribution >= 4 is 0 Å². The first-order valence-corrected chi connectivity index (χ1v) is 5.28. The first-order chi connectivity index (χ1) is 6.21. The molecular weight excluding hydrogens is 166 g/mol. The molecule has 3 atom stereocenters. The van der Waals surface area contributed by atoms with Crippen molar-refractivity contribution < 1.29 is 9.84 Å². The van der Waals surface area contributed by atoms with E-state index in [-0.39, 0.29) is 6.10 Å². The molecule has 2 heterocycles. The minimum absolute atomic E-state index is 0.209. The minimum Gasteiger partial charge on any atom is -0.388 e. The van der Waals surface area contributed by atoms with Gasteiger partial charge in [-0.15, -0.1) is 0 Å². The van der Waals surface area contributed by atoms with Gasteiger partial charge in [-0.2, -0.15) is 0 Å². The van der Waals surface area contributed by atoms with Crippen molar-refractivity contribution in [1.29, 1.82) is 0 Å². The van der Waals surface area contributed by atoms with Crippen molar-refractivity contribution in [1.82, 2.24) is 5.32 Å². The molecule has 13 heavy (non-hydrogen) atoms. The fourth-order valence-electron chi connectivity index (χ4n) is 2.56. The molecule has 0 spiro atoms. The van der Waals surface area contributed by atoms with Crippen LogP contribution in [0.3, 0.4) is 0 Å². The highest BCUT2D eigenvalue weighted by atomic mass is 16.5. The molecule has 0 aromatic carbocycles. The minimum atomic E-state index is -0.506. The molecule has 3 unspecified atom stereocenters. The Morgan fingerprint density at radius 1 is 1.54 bits per heavy atom.